The Labute approximate surface area is 105 Å². The average Bonchev–Trinajstić information content (AvgIpc) is 3.15. The first-order chi connectivity index (χ1) is 8.56. The molecule has 0 bridgehead atoms. The first kappa shape index (κ1) is 11.3. The molecule has 2 aliphatic rings. The van der Waals surface area contributed by atoms with Gasteiger partial charge in [-0.1, -0.05) is 18.2 Å². The molecule has 1 fully saturated rings. The number of carboxylic acid groups (broad SMARTS) is 1. The van der Waals surface area contributed by atoms with Gasteiger partial charge in [-0.05, 0) is 30.4 Å². The van der Waals surface area contributed by atoms with E-state index in [1.807, 2.05) is 18.2 Å². The molecule has 1 N–H and O–H groups in total. The maximum absolute atomic E-state index is 11.8. The average molecular weight is 245 g/mol. The molecule has 0 aromatic heterocycles. The SMILES string of the molecule is CN1C(=O)CCc2cccc(C3(C(=O)O)CC3)c21. The third kappa shape index (κ3) is 1.38. The van der Waals surface area contributed by atoms with Gasteiger partial charge in [-0.2, -0.15) is 0 Å². The van der Waals surface area contributed by atoms with E-state index in [1.165, 1.54) is 0 Å². The highest BCUT2D eigenvalue weighted by Gasteiger charge is 2.53. The number of aliphatic carboxylic acids is 1. The molecule has 1 aromatic rings. The van der Waals surface area contributed by atoms with Crippen molar-refractivity contribution >= 4 is 17.6 Å². The van der Waals surface area contributed by atoms with Crippen LogP contribution in [0.5, 0.6) is 0 Å². The molecule has 0 unspecified atom stereocenters. The summed E-state index contributed by atoms with van der Waals surface area (Å²) in [5.74, 6) is -0.710. The lowest BCUT2D eigenvalue weighted by Gasteiger charge is -2.30. The molecule has 0 saturated heterocycles. The molecule has 0 atom stereocenters. The van der Waals surface area contributed by atoms with E-state index >= 15 is 0 Å². The number of benzene rings is 1. The minimum atomic E-state index is -0.776. The van der Waals surface area contributed by atoms with E-state index in [1.54, 1.807) is 11.9 Å². The van der Waals surface area contributed by atoms with Gasteiger partial charge < -0.3 is 10.0 Å². The third-order valence-electron chi connectivity index (χ3n) is 4.11. The zero-order chi connectivity index (χ0) is 12.9. The fraction of sp³-hybridized carbons (Fsp3) is 0.429. The van der Waals surface area contributed by atoms with Crippen LogP contribution in [-0.4, -0.2) is 24.0 Å². The molecule has 1 aromatic carbocycles. The Hall–Kier alpha value is -1.84. The van der Waals surface area contributed by atoms with Crippen molar-refractivity contribution in [3.63, 3.8) is 0 Å². The number of hydrogen-bond acceptors (Lipinski definition) is 2. The number of aryl methyl sites for hydroxylation is 1. The molecule has 1 heterocycles. The first-order valence-electron chi connectivity index (χ1n) is 6.18. The summed E-state index contributed by atoms with van der Waals surface area (Å²) in [5, 5.41) is 9.41. The summed E-state index contributed by atoms with van der Waals surface area (Å²) < 4.78 is 0. The predicted molar refractivity (Wildman–Crippen MR) is 66.7 cm³/mol. The third-order valence-corrected chi connectivity index (χ3v) is 4.11. The van der Waals surface area contributed by atoms with Gasteiger partial charge in [-0.3, -0.25) is 9.59 Å². The van der Waals surface area contributed by atoms with Crippen molar-refractivity contribution in [3.8, 4) is 0 Å². The maximum Gasteiger partial charge on any atom is 0.314 e. The number of rotatable bonds is 2. The molecule has 4 heteroatoms. The zero-order valence-electron chi connectivity index (χ0n) is 10.3. The van der Waals surface area contributed by atoms with Gasteiger partial charge in [-0.25, -0.2) is 0 Å². The Morgan fingerprint density at radius 2 is 2.06 bits per heavy atom. The van der Waals surface area contributed by atoms with Crippen LogP contribution in [0.2, 0.25) is 0 Å². The van der Waals surface area contributed by atoms with Crippen molar-refractivity contribution in [3.05, 3.63) is 29.3 Å². The summed E-state index contributed by atoms with van der Waals surface area (Å²) in [7, 11) is 1.74. The van der Waals surface area contributed by atoms with E-state index in [4.69, 9.17) is 0 Å². The van der Waals surface area contributed by atoms with Gasteiger partial charge in [0.15, 0.2) is 0 Å². The van der Waals surface area contributed by atoms with Crippen LogP contribution in [0.3, 0.4) is 0 Å². The van der Waals surface area contributed by atoms with Crippen LogP contribution in [0.1, 0.15) is 30.4 Å². The van der Waals surface area contributed by atoms with Gasteiger partial charge in [-0.15, -0.1) is 0 Å². The second-order valence-electron chi connectivity index (χ2n) is 5.15. The van der Waals surface area contributed by atoms with Crippen LogP contribution in [-0.2, 0) is 21.4 Å². The van der Waals surface area contributed by atoms with E-state index < -0.39 is 11.4 Å². The quantitative estimate of drug-likeness (QED) is 0.863. The lowest BCUT2D eigenvalue weighted by Crippen LogP contribution is -2.34. The summed E-state index contributed by atoms with van der Waals surface area (Å²) in [6, 6.07) is 5.75. The Kier molecular flexibility index (Phi) is 2.24. The molecule has 0 radical (unpaired) electrons. The Balaban J connectivity index is 2.18. The number of anilines is 1. The highest BCUT2D eigenvalue weighted by molar-refractivity contribution is 5.99. The number of amides is 1. The Morgan fingerprint density at radius 3 is 2.67 bits per heavy atom. The van der Waals surface area contributed by atoms with Crippen LogP contribution >= 0.6 is 0 Å². The van der Waals surface area contributed by atoms with E-state index in [9.17, 15) is 14.7 Å². The number of nitrogens with zero attached hydrogens (tertiary/aromatic N) is 1. The fourth-order valence-corrected chi connectivity index (χ4v) is 2.83. The van der Waals surface area contributed by atoms with Gasteiger partial charge in [0.25, 0.3) is 0 Å². The predicted octanol–water partition coefficient (Wildman–Crippen LogP) is 1.71. The van der Waals surface area contributed by atoms with Crippen LogP contribution in [0.4, 0.5) is 5.69 Å². The summed E-state index contributed by atoms with van der Waals surface area (Å²) in [6.07, 6.45) is 2.55. The minimum Gasteiger partial charge on any atom is -0.481 e. The molecule has 1 aliphatic carbocycles. The molecule has 1 saturated carbocycles. The highest BCUT2D eigenvalue weighted by Crippen LogP contribution is 2.52. The van der Waals surface area contributed by atoms with Gasteiger partial charge >= 0.3 is 5.97 Å². The molecule has 3 rings (SSSR count). The van der Waals surface area contributed by atoms with Crippen molar-refractivity contribution in [2.24, 2.45) is 0 Å². The number of carboxylic acids is 1. The van der Waals surface area contributed by atoms with Crippen LogP contribution < -0.4 is 4.90 Å². The molecular weight excluding hydrogens is 230 g/mol. The molecular formula is C14H15NO3. The normalized spacial score (nSPS) is 20.5. The molecule has 94 valence electrons. The number of carbonyl (C=O) groups excluding carboxylic acids is 1. The second kappa shape index (κ2) is 3.57. The van der Waals surface area contributed by atoms with Gasteiger partial charge in [0.1, 0.15) is 0 Å². The summed E-state index contributed by atoms with van der Waals surface area (Å²) in [5.41, 5.74) is 1.97. The van der Waals surface area contributed by atoms with E-state index in [0.29, 0.717) is 25.7 Å². The van der Waals surface area contributed by atoms with Crippen molar-refractivity contribution in [1.29, 1.82) is 0 Å². The van der Waals surface area contributed by atoms with Gasteiger partial charge in [0, 0.05) is 13.5 Å². The first-order valence-corrected chi connectivity index (χ1v) is 6.18. The number of hydrogen-bond donors (Lipinski definition) is 1. The molecule has 1 amide bonds. The van der Waals surface area contributed by atoms with E-state index in [-0.39, 0.29) is 5.91 Å². The zero-order valence-corrected chi connectivity index (χ0v) is 10.3. The largest absolute Gasteiger partial charge is 0.481 e. The number of carbonyl (C=O) groups is 2. The van der Waals surface area contributed by atoms with Gasteiger partial charge in [0.2, 0.25) is 5.91 Å². The van der Waals surface area contributed by atoms with Crippen LogP contribution in [0, 0.1) is 0 Å². The monoisotopic (exact) mass is 245 g/mol. The van der Waals surface area contributed by atoms with Crippen molar-refractivity contribution < 1.29 is 14.7 Å². The lowest BCUT2D eigenvalue weighted by molar-refractivity contribution is -0.140. The maximum atomic E-state index is 11.8. The summed E-state index contributed by atoms with van der Waals surface area (Å²) in [4.78, 5) is 24.9. The molecule has 18 heavy (non-hydrogen) atoms. The summed E-state index contributed by atoms with van der Waals surface area (Å²) in [6.45, 7) is 0. The Morgan fingerprint density at radius 1 is 1.33 bits per heavy atom. The standard InChI is InChI=1S/C14H15NO3/c1-15-11(16)6-5-9-3-2-4-10(12(9)15)14(7-8-14)13(17)18/h2-4H,5-8H2,1H3,(H,17,18). The Bertz CT molecular complexity index is 546. The molecule has 0 spiro atoms. The number of fused-ring (bicyclic) bond motifs is 1. The topological polar surface area (TPSA) is 57.6 Å². The highest BCUT2D eigenvalue weighted by atomic mass is 16.4. The van der Waals surface area contributed by atoms with Crippen LogP contribution in [0.15, 0.2) is 18.2 Å². The molecule has 4 nitrogen and oxygen atoms in total. The van der Waals surface area contributed by atoms with Crippen molar-refractivity contribution in [2.75, 3.05) is 11.9 Å². The second-order valence-corrected chi connectivity index (χ2v) is 5.15. The van der Waals surface area contributed by atoms with E-state index in [0.717, 1.165) is 16.8 Å². The lowest BCUT2D eigenvalue weighted by atomic mass is 9.88. The van der Waals surface area contributed by atoms with E-state index in [2.05, 4.69) is 0 Å². The summed E-state index contributed by atoms with van der Waals surface area (Å²) >= 11 is 0. The van der Waals surface area contributed by atoms with Gasteiger partial charge in [0.05, 0.1) is 11.1 Å². The molecule has 1 aliphatic heterocycles. The van der Waals surface area contributed by atoms with Crippen molar-refractivity contribution in [1.82, 2.24) is 0 Å². The number of para-hydroxylation sites is 1. The fourth-order valence-electron chi connectivity index (χ4n) is 2.83. The smallest absolute Gasteiger partial charge is 0.314 e. The minimum absolute atomic E-state index is 0.0659. The van der Waals surface area contributed by atoms with Crippen LogP contribution in [0.25, 0.3) is 0 Å². The van der Waals surface area contributed by atoms with Crippen molar-refractivity contribution in [2.45, 2.75) is 31.1 Å².